The van der Waals surface area contributed by atoms with E-state index in [1.165, 1.54) is 37.6 Å². The Kier molecular flexibility index (Phi) is 5.70. The fourth-order valence-corrected chi connectivity index (χ4v) is 5.81. The molecule has 13 heteroatoms. The molecule has 0 bridgehead atoms. The van der Waals surface area contributed by atoms with Crippen LogP contribution in [0.3, 0.4) is 0 Å². The number of hydrogen-bond donors (Lipinski definition) is 0. The van der Waals surface area contributed by atoms with Crippen molar-refractivity contribution in [1.29, 1.82) is 0 Å². The second-order valence-corrected chi connectivity index (χ2v) is 9.69. The molecular weight excluding hydrogens is 522 g/mol. The van der Waals surface area contributed by atoms with Crippen molar-refractivity contribution >= 4 is 22.6 Å². The molecule has 3 heterocycles. The fraction of sp³-hybridized carbons (Fsp3) is 0.346. The Balaban J connectivity index is 1.43. The molecule has 0 radical (unpaired) electrons. The molecule has 1 aliphatic heterocycles. The molecule has 2 aromatic carbocycles. The first-order chi connectivity index (χ1) is 18.6. The number of esters is 1. The summed E-state index contributed by atoms with van der Waals surface area (Å²) in [6.45, 7) is 1.63. The molecule has 2 aliphatic rings. The van der Waals surface area contributed by atoms with E-state index in [0.717, 1.165) is 5.56 Å². The van der Waals surface area contributed by atoms with E-state index in [9.17, 15) is 22.4 Å². The maximum absolute atomic E-state index is 13.7. The number of alkyl halides is 3. The van der Waals surface area contributed by atoms with Gasteiger partial charge in [0.05, 0.1) is 25.0 Å². The van der Waals surface area contributed by atoms with Crippen LogP contribution in [0.4, 0.5) is 17.6 Å². The van der Waals surface area contributed by atoms with Crippen LogP contribution in [0.2, 0.25) is 0 Å². The van der Waals surface area contributed by atoms with E-state index in [2.05, 4.69) is 20.5 Å². The van der Waals surface area contributed by atoms with Crippen molar-refractivity contribution in [2.24, 2.45) is 5.92 Å². The van der Waals surface area contributed by atoms with Crippen molar-refractivity contribution in [3.63, 3.8) is 0 Å². The number of rotatable bonds is 4. The van der Waals surface area contributed by atoms with Crippen molar-refractivity contribution in [2.75, 3.05) is 7.11 Å². The number of nitrogens with zero attached hydrogens (tertiary/aromatic N) is 5. The molecule has 3 unspecified atom stereocenters. The summed E-state index contributed by atoms with van der Waals surface area (Å²) in [5.41, 5.74) is 1.68. The monoisotopic (exact) mass is 543 g/mol. The van der Waals surface area contributed by atoms with Crippen LogP contribution in [0.15, 0.2) is 47.1 Å². The number of fused-ring (bicyclic) bond motifs is 1. The molecule has 3 atom stereocenters. The number of benzene rings is 2. The van der Waals surface area contributed by atoms with E-state index < -0.39 is 41.2 Å². The standard InChI is InChI=1S/C26H21F4N5O4/c1-13-31-20-10-17(35-24(26(28,29)30)32-33-34-35)9-19(22(20)39-13)15-11-25(38-12-15)8-7-18(23(36)37-2)21(25)14-3-5-16(27)6-4-14/h3-6,9-10,12,18,21H,7-8,11H2,1-2H3. The third-order valence-corrected chi connectivity index (χ3v) is 7.40. The zero-order chi connectivity index (χ0) is 27.5. The van der Waals surface area contributed by atoms with Crippen molar-refractivity contribution in [3.8, 4) is 5.69 Å². The maximum atomic E-state index is 13.7. The number of halogens is 4. The molecule has 202 valence electrons. The number of methoxy groups -OCH3 is 1. The van der Waals surface area contributed by atoms with Gasteiger partial charge in [-0.15, -0.1) is 5.10 Å². The molecule has 4 aromatic rings. The van der Waals surface area contributed by atoms with Crippen LogP contribution in [-0.2, 0) is 20.4 Å². The van der Waals surface area contributed by atoms with E-state index in [0.29, 0.717) is 52.1 Å². The number of aryl methyl sites for hydroxylation is 1. The van der Waals surface area contributed by atoms with Gasteiger partial charge in [-0.05, 0) is 53.1 Å². The van der Waals surface area contributed by atoms with Crippen molar-refractivity contribution in [2.45, 2.75) is 43.9 Å². The Morgan fingerprint density at radius 2 is 1.97 bits per heavy atom. The SMILES string of the molecule is COC(=O)C1CCC2(CC(c3cc(-n4nnnc4C(F)(F)F)cc4nc(C)oc34)=CO2)C1c1ccc(F)cc1. The summed E-state index contributed by atoms with van der Waals surface area (Å²) in [5.74, 6) is -2.75. The van der Waals surface area contributed by atoms with E-state index >= 15 is 0 Å². The van der Waals surface area contributed by atoms with Gasteiger partial charge in [0.25, 0.3) is 5.82 Å². The lowest BCUT2D eigenvalue weighted by Gasteiger charge is -2.33. The van der Waals surface area contributed by atoms with Gasteiger partial charge in [-0.3, -0.25) is 4.79 Å². The molecule has 1 spiro atoms. The predicted octanol–water partition coefficient (Wildman–Crippen LogP) is 5.14. The zero-order valence-electron chi connectivity index (χ0n) is 20.7. The number of carbonyl (C=O) groups is 1. The van der Waals surface area contributed by atoms with Crippen LogP contribution in [0.5, 0.6) is 0 Å². The average Bonchev–Trinajstić information content (AvgIpc) is 3.69. The zero-order valence-corrected chi connectivity index (χ0v) is 20.7. The molecule has 0 amide bonds. The van der Waals surface area contributed by atoms with Gasteiger partial charge in [-0.25, -0.2) is 9.37 Å². The Labute approximate surface area is 218 Å². The third kappa shape index (κ3) is 4.12. The third-order valence-electron chi connectivity index (χ3n) is 7.40. The van der Waals surface area contributed by atoms with Crippen LogP contribution in [0.25, 0.3) is 22.4 Å². The van der Waals surface area contributed by atoms with Crippen molar-refractivity contribution in [1.82, 2.24) is 25.2 Å². The lowest BCUT2D eigenvalue weighted by molar-refractivity contribution is -0.147. The Morgan fingerprint density at radius 3 is 2.69 bits per heavy atom. The lowest BCUT2D eigenvalue weighted by Crippen LogP contribution is -2.35. The predicted molar refractivity (Wildman–Crippen MR) is 127 cm³/mol. The van der Waals surface area contributed by atoms with Gasteiger partial charge in [-0.2, -0.15) is 17.9 Å². The number of tetrazole rings is 1. The van der Waals surface area contributed by atoms with E-state index in [1.54, 1.807) is 19.1 Å². The quantitative estimate of drug-likeness (QED) is 0.258. The maximum Gasteiger partial charge on any atom is 0.453 e. The van der Waals surface area contributed by atoms with Gasteiger partial charge in [0.2, 0.25) is 0 Å². The molecule has 1 fully saturated rings. The Bertz CT molecular complexity index is 1610. The summed E-state index contributed by atoms with van der Waals surface area (Å²) in [6.07, 6.45) is -1.96. The van der Waals surface area contributed by atoms with Crippen LogP contribution in [-0.4, -0.2) is 43.9 Å². The van der Waals surface area contributed by atoms with Crippen molar-refractivity contribution in [3.05, 3.63) is 71.3 Å². The average molecular weight is 543 g/mol. The first-order valence-corrected chi connectivity index (χ1v) is 12.1. The van der Waals surface area contributed by atoms with Gasteiger partial charge in [-0.1, -0.05) is 12.1 Å². The van der Waals surface area contributed by atoms with Gasteiger partial charge >= 0.3 is 12.1 Å². The molecule has 39 heavy (non-hydrogen) atoms. The Morgan fingerprint density at radius 1 is 1.21 bits per heavy atom. The van der Waals surface area contributed by atoms with Gasteiger partial charge in [0, 0.05) is 30.4 Å². The Hall–Kier alpha value is -4.29. The second-order valence-electron chi connectivity index (χ2n) is 9.69. The highest BCUT2D eigenvalue weighted by Crippen LogP contribution is 2.56. The molecule has 1 saturated carbocycles. The largest absolute Gasteiger partial charge is 0.494 e. The smallest absolute Gasteiger partial charge is 0.453 e. The summed E-state index contributed by atoms with van der Waals surface area (Å²) in [5, 5.41) is 9.89. The first-order valence-electron chi connectivity index (χ1n) is 12.1. The topological polar surface area (TPSA) is 105 Å². The molecule has 1 aliphatic carbocycles. The van der Waals surface area contributed by atoms with Crippen LogP contribution < -0.4 is 0 Å². The summed E-state index contributed by atoms with van der Waals surface area (Å²) in [6, 6.07) is 8.81. The summed E-state index contributed by atoms with van der Waals surface area (Å²) < 4.78 is 72.2. The van der Waals surface area contributed by atoms with E-state index in [4.69, 9.17) is 13.9 Å². The number of carbonyl (C=O) groups excluding carboxylic acids is 1. The first kappa shape index (κ1) is 25.0. The van der Waals surface area contributed by atoms with Gasteiger partial charge in [0.1, 0.15) is 16.9 Å². The molecule has 9 nitrogen and oxygen atoms in total. The van der Waals surface area contributed by atoms with Gasteiger partial charge in [0.15, 0.2) is 11.5 Å². The number of ether oxygens (including phenoxy) is 2. The van der Waals surface area contributed by atoms with Crippen LogP contribution in [0.1, 0.15) is 48.0 Å². The lowest BCUT2D eigenvalue weighted by atomic mass is 9.77. The minimum Gasteiger partial charge on any atom is -0.494 e. The molecular formula is C26H21F4N5O4. The summed E-state index contributed by atoms with van der Waals surface area (Å²) in [7, 11) is 1.32. The highest BCUT2D eigenvalue weighted by Gasteiger charge is 2.56. The second kappa shape index (κ2) is 8.89. The van der Waals surface area contributed by atoms with Crippen molar-refractivity contribution < 1.29 is 36.2 Å². The normalized spacial score (nSPS) is 22.9. The minimum absolute atomic E-state index is 0.0407. The highest BCUT2D eigenvalue weighted by atomic mass is 19.4. The summed E-state index contributed by atoms with van der Waals surface area (Å²) >= 11 is 0. The summed E-state index contributed by atoms with van der Waals surface area (Å²) in [4.78, 5) is 17.0. The van der Waals surface area contributed by atoms with Crippen LogP contribution >= 0.6 is 0 Å². The molecule has 0 N–H and O–H groups in total. The van der Waals surface area contributed by atoms with Gasteiger partial charge < -0.3 is 13.9 Å². The molecule has 2 aromatic heterocycles. The van der Waals surface area contributed by atoms with Crippen LogP contribution in [0, 0.1) is 18.7 Å². The highest BCUT2D eigenvalue weighted by molar-refractivity contribution is 5.90. The molecule has 6 rings (SSSR count). The van der Waals surface area contributed by atoms with E-state index in [-0.39, 0.29) is 5.69 Å². The van der Waals surface area contributed by atoms with E-state index in [1.807, 2.05) is 0 Å². The number of oxazole rings is 1. The number of aromatic nitrogens is 5. The minimum atomic E-state index is -4.78. The number of hydrogen-bond acceptors (Lipinski definition) is 8. The fourth-order valence-electron chi connectivity index (χ4n) is 5.81. The molecule has 0 saturated heterocycles.